The first-order valence-corrected chi connectivity index (χ1v) is 6.65. The van der Waals surface area contributed by atoms with Crippen LogP contribution in [0.3, 0.4) is 0 Å². The number of nitrogens with one attached hydrogen (secondary N) is 2. The molecule has 18 heavy (non-hydrogen) atoms. The molecule has 0 rings (SSSR count). The van der Waals surface area contributed by atoms with E-state index >= 15 is 0 Å². The molecule has 1 amide bonds. The first kappa shape index (κ1) is 17.2. The molecule has 0 aromatic rings. The summed E-state index contributed by atoms with van der Waals surface area (Å²) in [6, 6.07) is 0. The second-order valence-electron chi connectivity index (χ2n) is 3.10. The van der Waals surface area contributed by atoms with Crippen LogP contribution < -0.4 is 10.6 Å². The number of carboxylic acid groups (broad SMARTS) is 1. The molecule has 0 spiro atoms. The standard InChI is InChI=1S/C7H11F3N3O3PS/c1-11-7(12-2,17-18)13(3-4(14)15)5(16)6(8,9)10/h11-12H,3H2,1-2H3,(H,14,15)/p+1. The topological polar surface area (TPSA) is 81.7 Å². The van der Waals surface area contributed by atoms with Gasteiger partial charge in [0.1, 0.15) is 6.54 Å². The fraction of sp³-hybridized carbons (Fsp3) is 0.714. The van der Waals surface area contributed by atoms with Crippen molar-refractivity contribution >= 4 is 31.0 Å². The lowest BCUT2D eigenvalue weighted by atomic mass is 10.4. The van der Waals surface area contributed by atoms with Gasteiger partial charge in [0.15, 0.2) is 11.8 Å². The van der Waals surface area contributed by atoms with Crippen LogP contribution in [-0.4, -0.2) is 54.2 Å². The van der Waals surface area contributed by atoms with Gasteiger partial charge >= 0.3 is 23.6 Å². The third-order valence-corrected chi connectivity index (χ3v) is 4.01. The molecule has 0 aliphatic carbocycles. The van der Waals surface area contributed by atoms with Gasteiger partial charge in [0, 0.05) is 0 Å². The Kier molecular flexibility index (Phi) is 6.08. The molecule has 0 aliphatic heterocycles. The SMILES string of the molecule is CNC(NC)([PH+]=S)N(CC(=O)O)C(=O)C(F)(F)F. The van der Waals surface area contributed by atoms with Crippen LogP contribution in [0.15, 0.2) is 0 Å². The molecule has 1 atom stereocenters. The van der Waals surface area contributed by atoms with E-state index in [1.165, 1.54) is 14.1 Å². The fourth-order valence-corrected chi connectivity index (χ4v) is 2.62. The van der Waals surface area contributed by atoms with Crippen LogP contribution in [0, 0.1) is 0 Å². The first-order valence-electron chi connectivity index (χ1n) is 4.52. The lowest BCUT2D eigenvalue weighted by Gasteiger charge is -2.33. The van der Waals surface area contributed by atoms with E-state index in [9.17, 15) is 22.8 Å². The van der Waals surface area contributed by atoms with Gasteiger partial charge in [-0.2, -0.15) is 13.2 Å². The van der Waals surface area contributed by atoms with Gasteiger partial charge in [0.2, 0.25) is 7.36 Å². The predicted octanol–water partition coefficient (Wildman–Crippen LogP) is -0.348. The molecule has 0 fully saturated rings. The number of hydrogen-bond donors (Lipinski definition) is 3. The molecule has 6 nitrogen and oxygen atoms in total. The molecular weight excluding hydrogens is 294 g/mol. The normalized spacial score (nSPS) is 12.5. The number of rotatable bonds is 6. The van der Waals surface area contributed by atoms with Crippen LogP contribution in [0.5, 0.6) is 0 Å². The van der Waals surface area contributed by atoms with Crippen molar-refractivity contribution in [2.75, 3.05) is 20.6 Å². The summed E-state index contributed by atoms with van der Waals surface area (Å²) in [6.07, 6.45) is -5.18. The van der Waals surface area contributed by atoms with Crippen LogP contribution in [-0.2, 0) is 21.4 Å². The summed E-state index contributed by atoms with van der Waals surface area (Å²) >= 11 is 4.70. The number of halogens is 3. The minimum absolute atomic E-state index is 0.126. The zero-order chi connectivity index (χ0) is 14.6. The molecule has 3 N–H and O–H groups in total. The molecule has 0 heterocycles. The van der Waals surface area contributed by atoms with Gasteiger partial charge in [0.25, 0.3) is 0 Å². The van der Waals surface area contributed by atoms with Crippen LogP contribution in [0.4, 0.5) is 13.2 Å². The van der Waals surface area contributed by atoms with Crippen molar-refractivity contribution in [1.29, 1.82) is 0 Å². The van der Waals surface area contributed by atoms with Crippen molar-refractivity contribution in [3.05, 3.63) is 0 Å². The van der Waals surface area contributed by atoms with Gasteiger partial charge < -0.3 is 5.11 Å². The van der Waals surface area contributed by atoms with Crippen molar-refractivity contribution in [2.24, 2.45) is 0 Å². The number of carboxylic acids is 1. The largest absolute Gasteiger partial charge is 0.480 e. The Morgan fingerprint density at radius 2 is 1.78 bits per heavy atom. The predicted molar refractivity (Wildman–Crippen MR) is 61.9 cm³/mol. The highest BCUT2D eigenvalue weighted by molar-refractivity contribution is 7.97. The second kappa shape index (κ2) is 6.37. The van der Waals surface area contributed by atoms with Crippen LogP contribution >= 0.6 is 7.36 Å². The van der Waals surface area contributed by atoms with Crippen molar-refractivity contribution < 1.29 is 27.9 Å². The Morgan fingerprint density at radius 1 is 1.33 bits per heavy atom. The molecule has 0 radical (unpaired) electrons. The Bertz CT molecular complexity index is 349. The number of carbonyl (C=O) groups excluding carboxylic acids is 1. The number of hydrogen-bond acceptors (Lipinski definition) is 5. The smallest absolute Gasteiger partial charge is 0.471 e. The van der Waals surface area contributed by atoms with E-state index in [1.54, 1.807) is 0 Å². The van der Waals surface area contributed by atoms with E-state index in [2.05, 4.69) is 10.6 Å². The summed E-state index contributed by atoms with van der Waals surface area (Å²) in [5.41, 5.74) is -1.72. The number of nitrogens with zero attached hydrogens (tertiary/aromatic N) is 1. The number of amides is 1. The summed E-state index contributed by atoms with van der Waals surface area (Å²) in [5, 5.41) is 13.4. The maximum absolute atomic E-state index is 12.4. The Morgan fingerprint density at radius 3 is 2.00 bits per heavy atom. The summed E-state index contributed by atoms with van der Waals surface area (Å²) in [4.78, 5) is 22.0. The van der Waals surface area contributed by atoms with Crippen LogP contribution in [0.25, 0.3) is 0 Å². The number of carbonyl (C=O) groups is 2. The average molecular weight is 306 g/mol. The van der Waals surface area contributed by atoms with Crippen molar-refractivity contribution in [2.45, 2.75) is 11.7 Å². The van der Waals surface area contributed by atoms with Crippen molar-refractivity contribution in [1.82, 2.24) is 15.5 Å². The van der Waals surface area contributed by atoms with E-state index in [-0.39, 0.29) is 4.90 Å². The third-order valence-electron chi connectivity index (χ3n) is 2.06. The van der Waals surface area contributed by atoms with Gasteiger partial charge in [-0.3, -0.25) is 14.5 Å². The lowest BCUT2D eigenvalue weighted by molar-refractivity contribution is -0.191. The van der Waals surface area contributed by atoms with E-state index in [0.29, 0.717) is 0 Å². The Hall–Kier alpha value is -0.830. The maximum atomic E-state index is 12.4. The highest BCUT2D eigenvalue weighted by atomic mass is 32.4. The molecule has 0 aromatic heterocycles. The van der Waals surface area contributed by atoms with Gasteiger partial charge in [-0.1, -0.05) is 0 Å². The average Bonchev–Trinajstić information content (AvgIpc) is 2.28. The minimum Gasteiger partial charge on any atom is -0.480 e. The minimum atomic E-state index is -5.18. The van der Waals surface area contributed by atoms with Crippen LogP contribution in [0.1, 0.15) is 0 Å². The molecule has 0 aliphatic rings. The molecule has 0 saturated carbocycles. The zero-order valence-electron chi connectivity index (χ0n) is 9.46. The fourth-order valence-electron chi connectivity index (χ4n) is 1.18. The Labute approximate surface area is 107 Å². The van der Waals surface area contributed by atoms with Crippen molar-refractivity contribution in [3.8, 4) is 0 Å². The summed E-state index contributed by atoms with van der Waals surface area (Å²) in [6.45, 7) is -1.12. The third kappa shape index (κ3) is 3.84. The quantitative estimate of drug-likeness (QED) is 0.460. The van der Waals surface area contributed by atoms with E-state index < -0.39 is 37.5 Å². The monoisotopic (exact) mass is 306 g/mol. The molecule has 1 unspecified atom stereocenters. The highest BCUT2D eigenvalue weighted by Gasteiger charge is 2.53. The van der Waals surface area contributed by atoms with Crippen LogP contribution in [0.2, 0.25) is 0 Å². The van der Waals surface area contributed by atoms with Gasteiger partial charge in [-0.25, -0.2) is 10.6 Å². The summed E-state index contributed by atoms with van der Waals surface area (Å²) in [5.74, 6) is -3.85. The summed E-state index contributed by atoms with van der Waals surface area (Å²) < 4.78 is 37.3. The van der Waals surface area contributed by atoms with E-state index in [0.717, 1.165) is 0 Å². The summed E-state index contributed by atoms with van der Waals surface area (Å²) in [7, 11) is 1.92. The maximum Gasteiger partial charge on any atom is 0.471 e. The number of alkyl halides is 3. The zero-order valence-corrected chi connectivity index (χ0v) is 11.3. The van der Waals surface area contributed by atoms with E-state index in [4.69, 9.17) is 16.9 Å². The molecule has 0 saturated heterocycles. The Balaban J connectivity index is 5.53. The van der Waals surface area contributed by atoms with Gasteiger partial charge in [0.05, 0.1) is 0 Å². The van der Waals surface area contributed by atoms with Gasteiger partial charge in [-0.05, 0) is 14.1 Å². The van der Waals surface area contributed by atoms with Crippen molar-refractivity contribution in [3.63, 3.8) is 0 Å². The second-order valence-corrected chi connectivity index (χ2v) is 4.64. The van der Waals surface area contributed by atoms with E-state index in [1.807, 2.05) is 0 Å². The molecule has 104 valence electrons. The molecule has 11 heteroatoms. The first-order chi connectivity index (χ1) is 8.14. The number of aliphatic carboxylic acids is 1. The molecular formula is C7H12F3N3O3PS+. The highest BCUT2D eigenvalue weighted by Crippen LogP contribution is 2.27. The van der Waals surface area contributed by atoms with Gasteiger partial charge in [-0.15, -0.1) is 0 Å². The molecule has 0 aromatic carbocycles. The lowest BCUT2D eigenvalue weighted by Crippen LogP contribution is -2.66. The molecule has 0 bridgehead atoms.